The first-order valence-electron chi connectivity index (χ1n) is 12.4. The van der Waals surface area contributed by atoms with E-state index in [2.05, 4.69) is 10.2 Å². The van der Waals surface area contributed by atoms with Gasteiger partial charge in [-0.2, -0.15) is 0 Å². The lowest BCUT2D eigenvalue weighted by Gasteiger charge is -2.22. The summed E-state index contributed by atoms with van der Waals surface area (Å²) in [7, 11) is 0. The van der Waals surface area contributed by atoms with Gasteiger partial charge in [0.25, 0.3) is 5.91 Å². The van der Waals surface area contributed by atoms with Gasteiger partial charge in [-0.05, 0) is 60.0 Å². The highest BCUT2D eigenvalue weighted by atomic mass is 35.5. The zero-order valence-electron chi connectivity index (χ0n) is 20.9. The number of benzene rings is 3. The van der Waals surface area contributed by atoms with E-state index in [4.69, 9.17) is 31.2 Å². The molecule has 0 bridgehead atoms. The fraction of sp³-hybridized carbons (Fsp3) is 0.207. The lowest BCUT2D eigenvalue weighted by atomic mass is 10.1. The van der Waals surface area contributed by atoms with Gasteiger partial charge in [-0.3, -0.25) is 9.59 Å². The van der Waals surface area contributed by atoms with Crippen LogP contribution in [0.15, 0.2) is 72.1 Å². The van der Waals surface area contributed by atoms with Crippen LogP contribution < -0.4 is 19.7 Å². The Morgan fingerprint density at radius 3 is 2.51 bits per heavy atom. The molecule has 5 rings (SSSR count). The molecule has 0 fully saturated rings. The minimum atomic E-state index is -0.951. The van der Waals surface area contributed by atoms with Crippen molar-refractivity contribution in [1.29, 1.82) is 0 Å². The molecule has 0 aliphatic carbocycles. The smallest absolute Gasteiger partial charge is 0.305 e. The number of thiazole rings is 1. The van der Waals surface area contributed by atoms with E-state index in [-0.39, 0.29) is 25.7 Å². The van der Waals surface area contributed by atoms with Crippen LogP contribution >= 0.6 is 22.9 Å². The van der Waals surface area contributed by atoms with Crippen LogP contribution in [0.4, 0.5) is 5.13 Å². The highest BCUT2D eigenvalue weighted by molar-refractivity contribution is 7.14. The SMILES string of the molecule is O=C(O)CCNC(=O)c1ccc(CN(CCc2ccc(Cl)cc2)c2nc(-c3ccc4c(c3)OCO4)cs2)cc1. The van der Waals surface area contributed by atoms with Crippen LogP contribution in [0.2, 0.25) is 5.02 Å². The van der Waals surface area contributed by atoms with Crippen molar-refractivity contribution < 1.29 is 24.2 Å². The number of fused-ring (bicyclic) bond motifs is 1. The van der Waals surface area contributed by atoms with Gasteiger partial charge in [-0.25, -0.2) is 4.98 Å². The third-order valence-electron chi connectivity index (χ3n) is 6.23. The highest BCUT2D eigenvalue weighted by Gasteiger charge is 2.17. The van der Waals surface area contributed by atoms with Gasteiger partial charge in [0, 0.05) is 41.2 Å². The number of anilines is 1. The van der Waals surface area contributed by atoms with Crippen LogP contribution in [0.25, 0.3) is 11.3 Å². The molecule has 1 aliphatic heterocycles. The summed E-state index contributed by atoms with van der Waals surface area (Å²) in [5.41, 5.74) is 4.49. The van der Waals surface area contributed by atoms with E-state index < -0.39 is 5.97 Å². The molecule has 0 spiro atoms. The highest BCUT2D eigenvalue weighted by Crippen LogP contribution is 2.37. The topological polar surface area (TPSA) is 101 Å². The molecule has 2 heterocycles. The normalized spacial score (nSPS) is 11.8. The van der Waals surface area contributed by atoms with Crippen LogP contribution in [-0.2, 0) is 17.8 Å². The van der Waals surface area contributed by atoms with E-state index in [0.29, 0.717) is 22.9 Å². The van der Waals surface area contributed by atoms with Crippen molar-refractivity contribution in [2.45, 2.75) is 19.4 Å². The van der Waals surface area contributed by atoms with Crippen LogP contribution in [0.3, 0.4) is 0 Å². The van der Waals surface area contributed by atoms with Crippen molar-refractivity contribution in [1.82, 2.24) is 10.3 Å². The molecule has 1 aliphatic rings. The van der Waals surface area contributed by atoms with Crippen LogP contribution in [0.5, 0.6) is 11.5 Å². The van der Waals surface area contributed by atoms with Crippen molar-refractivity contribution in [3.63, 3.8) is 0 Å². The standard InChI is InChI=1S/C29H26ClN3O5S/c30-23-8-3-19(4-9-23)12-14-33(16-20-1-5-21(6-2-20)28(36)31-13-11-27(34)35)29-32-24(17-39-29)22-7-10-25-26(15-22)38-18-37-25/h1-10,15,17H,11-14,16,18H2,(H,31,36)(H,34,35). The molecule has 10 heteroatoms. The molecule has 2 N–H and O–H groups in total. The second-order valence-corrected chi connectivity index (χ2v) is 10.3. The number of nitrogens with zero attached hydrogens (tertiary/aromatic N) is 2. The second kappa shape index (κ2) is 12.2. The second-order valence-electron chi connectivity index (χ2n) is 8.98. The molecule has 39 heavy (non-hydrogen) atoms. The summed E-state index contributed by atoms with van der Waals surface area (Å²) < 4.78 is 11.0. The largest absolute Gasteiger partial charge is 0.481 e. The van der Waals surface area contributed by atoms with Crippen molar-refractivity contribution in [3.05, 3.63) is 93.8 Å². The zero-order valence-corrected chi connectivity index (χ0v) is 22.5. The number of aromatic nitrogens is 1. The number of nitrogens with one attached hydrogen (secondary N) is 1. The van der Waals surface area contributed by atoms with Crippen LogP contribution in [-0.4, -0.2) is 41.8 Å². The van der Waals surface area contributed by atoms with E-state index in [9.17, 15) is 9.59 Å². The Balaban J connectivity index is 1.32. The Kier molecular flexibility index (Phi) is 8.29. The fourth-order valence-corrected chi connectivity index (χ4v) is 5.11. The number of carbonyl (C=O) groups is 2. The monoisotopic (exact) mass is 563 g/mol. The molecule has 1 aromatic heterocycles. The van der Waals surface area contributed by atoms with E-state index in [1.165, 1.54) is 5.56 Å². The van der Waals surface area contributed by atoms with E-state index in [0.717, 1.165) is 40.7 Å². The van der Waals surface area contributed by atoms with E-state index in [1.807, 2.05) is 60.0 Å². The van der Waals surface area contributed by atoms with Crippen molar-refractivity contribution in [2.75, 3.05) is 24.8 Å². The Morgan fingerprint density at radius 1 is 1.00 bits per heavy atom. The predicted octanol–water partition coefficient (Wildman–Crippen LogP) is 5.65. The molecular weight excluding hydrogens is 538 g/mol. The number of amides is 1. The Bertz CT molecular complexity index is 1460. The number of ether oxygens (including phenoxy) is 2. The number of carboxylic acids is 1. The third kappa shape index (κ3) is 6.87. The Labute approximate surface area is 234 Å². The summed E-state index contributed by atoms with van der Waals surface area (Å²) in [5.74, 6) is 0.204. The van der Waals surface area contributed by atoms with Gasteiger partial charge < -0.3 is 24.8 Å². The van der Waals surface area contributed by atoms with Crippen molar-refractivity contribution in [2.24, 2.45) is 0 Å². The molecule has 1 amide bonds. The maximum absolute atomic E-state index is 12.3. The molecule has 0 saturated heterocycles. The summed E-state index contributed by atoms with van der Waals surface area (Å²) in [6.07, 6.45) is 0.689. The van der Waals surface area contributed by atoms with Crippen molar-refractivity contribution in [3.8, 4) is 22.8 Å². The zero-order chi connectivity index (χ0) is 27.2. The Morgan fingerprint density at radius 2 is 1.74 bits per heavy atom. The molecule has 0 saturated carbocycles. The molecule has 3 aromatic carbocycles. The molecule has 0 radical (unpaired) electrons. The van der Waals surface area contributed by atoms with Crippen molar-refractivity contribution >= 4 is 39.9 Å². The summed E-state index contributed by atoms with van der Waals surface area (Å²) in [4.78, 5) is 30.2. The summed E-state index contributed by atoms with van der Waals surface area (Å²) in [5, 5.41) is 15.0. The average Bonchev–Trinajstić information content (AvgIpc) is 3.62. The van der Waals surface area contributed by atoms with Gasteiger partial charge in [-0.15, -0.1) is 11.3 Å². The van der Waals surface area contributed by atoms with Gasteiger partial charge in [0.05, 0.1) is 12.1 Å². The number of halogens is 1. The van der Waals surface area contributed by atoms with Gasteiger partial charge in [0.15, 0.2) is 16.6 Å². The maximum Gasteiger partial charge on any atom is 0.305 e. The molecule has 4 aromatic rings. The average molecular weight is 564 g/mol. The van der Waals surface area contributed by atoms with Gasteiger partial charge >= 0.3 is 5.97 Å². The number of rotatable bonds is 11. The first kappa shape index (κ1) is 26.5. The quantitative estimate of drug-likeness (QED) is 0.243. The fourth-order valence-electron chi connectivity index (χ4n) is 4.12. The first-order chi connectivity index (χ1) is 18.9. The molecule has 8 nitrogen and oxygen atoms in total. The van der Waals surface area contributed by atoms with Gasteiger partial charge in [0.1, 0.15) is 0 Å². The lowest BCUT2D eigenvalue weighted by molar-refractivity contribution is -0.136. The minimum Gasteiger partial charge on any atom is -0.481 e. The molecule has 200 valence electrons. The number of carbonyl (C=O) groups excluding carboxylic acids is 1. The van der Waals surface area contributed by atoms with Crippen LogP contribution in [0.1, 0.15) is 27.9 Å². The molecular formula is C29H26ClN3O5S. The van der Waals surface area contributed by atoms with Crippen LogP contribution in [0, 0.1) is 0 Å². The summed E-state index contributed by atoms with van der Waals surface area (Å²) >= 11 is 7.63. The Hall–Kier alpha value is -4.08. The van der Waals surface area contributed by atoms with Gasteiger partial charge in [0.2, 0.25) is 6.79 Å². The van der Waals surface area contributed by atoms with E-state index >= 15 is 0 Å². The van der Waals surface area contributed by atoms with E-state index in [1.54, 1.807) is 23.5 Å². The lowest BCUT2D eigenvalue weighted by Crippen LogP contribution is -2.26. The number of carboxylic acid groups (broad SMARTS) is 1. The minimum absolute atomic E-state index is 0.0874. The summed E-state index contributed by atoms with van der Waals surface area (Å²) in [6.45, 7) is 1.64. The third-order valence-corrected chi connectivity index (χ3v) is 7.38. The molecule has 0 unspecified atom stereocenters. The van der Waals surface area contributed by atoms with Gasteiger partial charge in [-0.1, -0.05) is 35.9 Å². The predicted molar refractivity (Wildman–Crippen MR) is 151 cm³/mol. The number of hydrogen-bond acceptors (Lipinski definition) is 7. The number of aliphatic carboxylic acids is 1. The summed E-state index contributed by atoms with van der Waals surface area (Å²) in [6, 6.07) is 21.0. The molecule has 0 atom stereocenters. The number of hydrogen-bond donors (Lipinski definition) is 2. The first-order valence-corrected chi connectivity index (χ1v) is 13.6. The maximum atomic E-state index is 12.3.